The highest BCUT2D eigenvalue weighted by Crippen LogP contribution is 2.15. The van der Waals surface area contributed by atoms with Crippen molar-refractivity contribution in [2.24, 2.45) is 0 Å². The fourth-order valence-corrected chi connectivity index (χ4v) is 2.96. The quantitative estimate of drug-likeness (QED) is 0.821. The number of sulfonamides is 1. The lowest BCUT2D eigenvalue weighted by atomic mass is 10.1. The number of hydrogen-bond acceptors (Lipinski definition) is 3. The van der Waals surface area contributed by atoms with E-state index in [4.69, 9.17) is 5.11 Å². The summed E-state index contributed by atoms with van der Waals surface area (Å²) in [4.78, 5) is 0.185. The van der Waals surface area contributed by atoms with Gasteiger partial charge in [0.15, 0.2) is 0 Å². The maximum absolute atomic E-state index is 12.0. The number of phenolic OH excluding ortho intramolecular Hbond substituents is 1. The van der Waals surface area contributed by atoms with Crippen LogP contribution in [0.15, 0.2) is 29.2 Å². The minimum absolute atomic E-state index is 0.0289. The van der Waals surface area contributed by atoms with Crippen LogP contribution in [0.5, 0.6) is 5.75 Å². The molecule has 1 aromatic rings. The average Bonchev–Trinajstić information content (AvgIpc) is 2.28. The van der Waals surface area contributed by atoms with Gasteiger partial charge in [0.05, 0.1) is 4.90 Å². The largest absolute Gasteiger partial charge is 0.508 e. The lowest BCUT2D eigenvalue weighted by Crippen LogP contribution is -2.34. The van der Waals surface area contributed by atoms with Crippen molar-refractivity contribution in [2.45, 2.75) is 44.0 Å². The highest BCUT2D eigenvalue weighted by molar-refractivity contribution is 7.89. The summed E-state index contributed by atoms with van der Waals surface area (Å²) < 4.78 is 26.7. The molecule has 0 heterocycles. The Kier molecular flexibility index (Phi) is 4.96. The van der Waals surface area contributed by atoms with Gasteiger partial charge in [-0.15, -0.1) is 0 Å². The van der Waals surface area contributed by atoms with Crippen molar-refractivity contribution in [1.82, 2.24) is 4.72 Å². The molecule has 4 nitrogen and oxygen atoms in total. The van der Waals surface area contributed by atoms with Crippen LogP contribution in [0.3, 0.4) is 0 Å². The number of phenols is 1. The van der Waals surface area contributed by atoms with E-state index in [-0.39, 0.29) is 16.7 Å². The molecule has 2 N–H and O–H groups in total. The minimum Gasteiger partial charge on any atom is -0.508 e. The molecule has 0 saturated heterocycles. The van der Waals surface area contributed by atoms with Crippen LogP contribution in [-0.2, 0) is 10.0 Å². The third kappa shape index (κ3) is 4.02. The Morgan fingerprint density at radius 2 is 1.82 bits per heavy atom. The molecule has 0 saturated carbocycles. The van der Waals surface area contributed by atoms with Gasteiger partial charge in [0.2, 0.25) is 10.0 Å². The van der Waals surface area contributed by atoms with Crippen molar-refractivity contribution in [2.75, 3.05) is 0 Å². The Hall–Kier alpha value is -1.07. The molecule has 1 rings (SSSR count). The van der Waals surface area contributed by atoms with Crippen molar-refractivity contribution in [1.29, 1.82) is 0 Å². The molecule has 0 aliphatic heterocycles. The summed E-state index contributed by atoms with van der Waals surface area (Å²) in [6.45, 7) is 3.98. The van der Waals surface area contributed by atoms with Gasteiger partial charge >= 0.3 is 0 Å². The van der Waals surface area contributed by atoms with Crippen LogP contribution in [0.4, 0.5) is 0 Å². The highest BCUT2D eigenvalue weighted by atomic mass is 32.2. The van der Waals surface area contributed by atoms with Gasteiger partial charge in [-0.2, -0.15) is 0 Å². The summed E-state index contributed by atoms with van der Waals surface area (Å²) in [5.41, 5.74) is 0. The zero-order valence-corrected chi connectivity index (χ0v) is 11.0. The summed E-state index contributed by atoms with van der Waals surface area (Å²) in [7, 11) is -3.47. The topological polar surface area (TPSA) is 66.4 Å². The zero-order chi connectivity index (χ0) is 12.9. The summed E-state index contributed by atoms with van der Waals surface area (Å²) in [6, 6.07) is 5.51. The van der Waals surface area contributed by atoms with Crippen LogP contribution in [0, 0.1) is 0 Å². The van der Waals surface area contributed by atoms with Crippen LogP contribution >= 0.6 is 0 Å². The molecule has 1 unspecified atom stereocenters. The molecule has 1 aromatic carbocycles. The van der Waals surface area contributed by atoms with E-state index < -0.39 is 10.0 Å². The smallest absolute Gasteiger partial charge is 0.240 e. The predicted molar refractivity (Wildman–Crippen MR) is 67.4 cm³/mol. The second-order valence-corrected chi connectivity index (χ2v) is 5.72. The van der Waals surface area contributed by atoms with Crippen molar-refractivity contribution in [3.05, 3.63) is 24.3 Å². The number of benzene rings is 1. The van der Waals surface area contributed by atoms with Gasteiger partial charge in [-0.05, 0) is 37.1 Å². The summed E-state index contributed by atoms with van der Waals surface area (Å²) in [5, 5.41) is 9.12. The van der Waals surface area contributed by atoms with E-state index in [0.717, 1.165) is 19.3 Å². The second kappa shape index (κ2) is 6.02. The molecule has 96 valence electrons. The fraction of sp³-hybridized carbons (Fsp3) is 0.500. The van der Waals surface area contributed by atoms with Gasteiger partial charge in [-0.1, -0.05) is 20.3 Å². The van der Waals surface area contributed by atoms with E-state index in [1.165, 1.54) is 24.3 Å². The summed E-state index contributed by atoms with van der Waals surface area (Å²) in [5.74, 6) is 0.0598. The number of rotatable bonds is 6. The van der Waals surface area contributed by atoms with Crippen molar-refractivity contribution >= 4 is 10.0 Å². The molecule has 0 spiro atoms. The summed E-state index contributed by atoms with van der Waals surface area (Å²) in [6.07, 6.45) is 2.54. The normalized spacial score (nSPS) is 13.5. The van der Waals surface area contributed by atoms with Gasteiger partial charge in [-0.25, -0.2) is 13.1 Å². The molecule has 5 heteroatoms. The first-order valence-electron chi connectivity index (χ1n) is 5.81. The molecule has 0 aliphatic carbocycles. The van der Waals surface area contributed by atoms with E-state index in [2.05, 4.69) is 4.72 Å². The average molecular weight is 257 g/mol. The van der Waals surface area contributed by atoms with Gasteiger partial charge in [0, 0.05) is 6.04 Å². The molecule has 0 fully saturated rings. The molecule has 0 bridgehead atoms. The Morgan fingerprint density at radius 1 is 1.24 bits per heavy atom. The first-order valence-corrected chi connectivity index (χ1v) is 7.29. The lowest BCUT2D eigenvalue weighted by molar-refractivity contribution is 0.474. The molecule has 0 radical (unpaired) electrons. The van der Waals surface area contributed by atoms with Crippen molar-refractivity contribution in [3.8, 4) is 5.75 Å². The Labute approximate surface area is 103 Å². The first kappa shape index (κ1) is 14.0. The number of nitrogens with one attached hydrogen (secondary N) is 1. The van der Waals surface area contributed by atoms with Gasteiger partial charge in [0.25, 0.3) is 0 Å². The number of hydrogen-bond donors (Lipinski definition) is 2. The third-order valence-corrected chi connectivity index (χ3v) is 4.14. The van der Waals surface area contributed by atoms with Crippen LogP contribution < -0.4 is 4.72 Å². The fourth-order valence-electron chi connectivity index (χ4n) is 1.61. The molecule has 0 aromatic heterocycles. The van der Waals surface area contributed by atoms with E-state index in [0.29, 0.717) is 0 Å². The summed E-state index contributed by atoms with van der Waals surface area (Å²) >= 11 is 0. The van der Waals surface area contributed by atoms with Gasteiger partial charge in [-0.3, -0.25) is 0 Å². The maximum Gasteiger partial charge on any atom is 0.240 e. The van der Waals surface area contributed by atoms with E-state index >= 15 is 0 Å². The van der Waals surface area contributed by atoms with Crippen LogP contribution in [0.1, 0.15) is 33.1 Å². The lowest BCUT2D eigenvalue weighted by Gasteiger charge is -2.16. The first-order chi connectivity index (χ1) is 7.99. The zero-order valence-electron chi connectivity index (χ0n) is 10.2. The molecular formula is C12H19NO3S. The van der Waals surface area contributed by atoms with Gasteiger partial charge in [0.1, 0.15) is 5.75 Å². The molecule has 0 aliphatic rings. The van der Waals surface area contributed by atoms with Crippen LogP contribution in [0.25, 0.3) is 0 Å². The van der Waals surface area contributed by atoms with Crippen LogP contribution in [-0.4, -0.2) is 19.6 Å². The van der Waals surface area contributed by atoms with Crippen molar-refractivity contribution < 1.29 is 13.5 Å². The molecule has 1 atom stereocenters. The predicted octanol–water partition coefficient (Wildman–Crippen LogP) is 2.25. The Bertz CT molecular complexity index is 439. The van der Waals surface area contributed by atoms with E-state index in [9.17, 15) is 8.42 Å². The SMILES string of the molecule is CCCC(CC)NS(=O)(=O)c1ccc(O)cc1. The number of aromatic hydroxyl groups is 1. The second-order valence-electron chi connectivity index (χ2n) is 4.01. The Balaban J connectivity index is 2.84. The highest BCUT2D eigenvalue weighted by Gasteiger charge is 2.18. The molecule has 17 heavy (non-hydrogen) atoms. The molecular weight excluding hydrogens is 238 g/mol. The maximum atomic E-state index is 12.0. The minimum atomic E-state index is -3.47. The van der Waals surface area contributed by atoms with Crippen LogP contribution in [0.2, 0.25) is 0 Å². The van der Waals surface area contributed by atoms with Gasteiger partial charge < -0.3 is 5.11 Å². The third-order valence-electron chi connectivity index (χ3n) is 2.60. The monoisotopic (exact) mass is 257 g/mol. The standard InChI is InChI=1S/C12H19NO3S/c1-3-5-10(4-2)13-17(15,16)12-8-6-11(14)7-9-12/h6-10,13-14H,3-5H2,1-2H3. The van der Waals surface area contributed by atoms with E-state index in [1.807, 2.05) is 13.8 Å². The van der Waals surface area contributed by atoms with Crippen molar-refractivity contribution in [3.63, 3.8) is 0 Å². The molecule has 0 amide bonds. The van der Waals surface area contributed by atoms with E-state index in [1.54, 1.807) is 0 Å². The Morgan fingerprint density at radius 3 is 2.29 bits per heavy atom.